The molecule has 1 aliphatic heterocycles. The first kappa shape index (κ1) is 18.1. The summed E-state index contributed by atoms with van der Waals surface area (Å²) in [6.45, 7) is 7.06. The van der Waals surface area contributed by atoms with Crippen LogP contribution in [-0.2, 0) is 9.59 Å². The molecule has 1 atom stereocenters. The third-order valence-corrected chi connectivity index (χ3v) is 5.00. The Labute approximate surface area is 156 Å². The summed E-state index contributed by atoms with van der Waals surface area (Å²) in [5.74, 6) is 0.376. The molecule has 1 aromatic carbocycles. The molecule has 7 heteroatoms. The second-order valence-electron chi connectivity index (χ2n) is 5.96. The van der Waals surface area contributed by atoms with Crippen molar-refractivity contribution in [2.24, 2.45) is 5.92 Å². The third kappa shape index (κ3) is 4.11. The highest BCUT2D eigenvalue weighted by molar-refractivity contribution is 7.14. The normalized spacial score (nSPS) is 16.3. The first-order chi connectivity index (χ1) is 12.6. The molecule has 0 aliphatic carbocycles. The van der Waals surface area contributed by atoms with Crippen molar-refractivity contribution in [1.29, 1.82) is 0 Å². The van der Waals surface area contributed by atoms with E-state index in [4.69, 9.17) is 4.74 Å². The van der Waals surface area contributed by atoms with Gasteiger partial charge in [-0.25, -0.2) is 4.98 Å². The molecular formula is C19H21N3O3S. The van der Waals surface area contributed by atoms with Gasteiger partial charge in [0.1, 0.15) is 5.75 Å². The summed E-state index contributed by atoms with van der Waals surface area (Å²) in [5, 5.41) is 5.34. The number of rotatable bonds is 6. The fraction of sp³-hybridized carbons (Fsp3) is 0.316. The number of carbonyl (C=O) groups is 2. The molecule has 136 valence electrons. The molecule has 1 aromatic heterocycles. The zero-order valence-corrected chi connectivity index (χ0v) is 15.4. The molecule has 2 aromatic rings. The maximum absolute atomic E-state index is 12.4. The summed E-state index contributed by atoms with van der Waals surface area (Å²) in [7, 11) is 0. The highest BCUT2D eigenvalue weighted by Gasteiger charge is 2.30. The predicted molar refractivity (Wildman–Crippen MR) is 102 cm³/mol. The van der Waals surface area contributed by atoms with E-state index in [1.807, 2.05) is 36.6 Å². The molecule has 1 fully saturated rings. The van der Waals surface area contributed by atoms with E-state index >= 15 is 0 Å². The number of ether oxygens (including phenoxy) is 1. The van der Waals surface area contributed by atoms with Crippen LogP contribution >= 0.6 is 11.3 Å². The van der Waals surface area contributed by atoms with Gasteiger partial charge in [0.05, 0.1) is 18.2 Å². The largest absolute Gasteiger partial charge is 0.494 e. The summed E-state index contributed by atoms with van der Waals surface area (Å²) in [6, 6.07) is 7.70. The van der Waals surface area contributed by atoms with Crippen molar-refractivity contribution in [1.82, 2.24) is 9.88 Å². The average Bonchev–Trinajstić information content (AvgIpc) is 3.32. The Bertz CT molecular complexity index is 801. The number of hydrogen-bond acceptors (Lipinski definition) is 5. The van der Waals surface area contributed by atoms with Crippen molar-refractivity contribution in [2.75, 3.05) is 25.0 Å². The van der Waals surface area contributed by atoms with Crippen LogP contribution < -0.4 is 10.1 Å². The Morgan fingerprint density at radius 2 is 2.19 bits per heavy atom. The van der Waals surface area contributed by atoms with Crippen molar-refractivity contribution in [3.05, 3.63) is 42.3 Å². The minimum atomic E-state index is -0.211. The van der Waals surface area contributed by atoms with Gasteiger partial charge >= 0.3 is 0 Å². The standard InChI is InChI=1S/C19H21N3O3S/c1-3-17(23)22-10-9-14(11-22)18(24)21-19-20-16(12-26-19)13-5-7-15(8-6-13)25-4-2/h3,5-8,12,14H,1,4,9-11H2,2H3,(H,20,21,24). The molecule has 1 N–H and O–H groups in total. The van der Waals surface area contributed by atoms with Crippen LogP contribution in [-0.4, -0.2) is 41.4 Å². The van der Waals surface area contributed by atoms with Crippen molar-refractivity contribution in [2.45, 2.75) is 13.3 Å². The first-order valence-electron chi connectivity index (χ1n) is 8.51. The molecule has 3 rings (SSSR count). The Kier molecular flexibility index (Phi) is 5.68. The summed E-state index contributed by atoms with van der Waals surface area (Å²) in [4.78, 5) is 30.2. The smallest absolute Gasteiger partial charge is 0.245 e. The zero-order valence-electron chi connectivity index (χ0n) is 14.6. The van der Waals surface area contributed by atoms with Gasteiger partial charge in [-0.1, -0.05) is 6.58 Å². The van der Waals surface area contributed by atoms with Crippen molar-refractivity contribution in [3.63, 3.8) is 0 Å². The Hall–Kier alpha value is -2.67. The highest BCUT2D eigenvalue weighted by atomic mass is 32.1. The molecule has 0 saturated carbocycles. The minimum Gasteiger partial charge on any atom is -0.494 e. The second-order valence-corrected chi connectivity index (χ2v) is 6.82. The molecule has 0 bridgehead atoms. The van der Waals surface area contributed by atoms with Crippen LogP contribution in [0.5, 0.6) is 5.75 Å². The number of nitrogens with zero attached hydrogens (tertiary/aromatic N) is 2. The Balaban J connectivity index is 1.60. The van der Waals surface area contributed by atoms with E-state index in [1.165, 1.54) is 17.4 Å². The molecule has 1 unspecified atom stereocenters. The number of carbonyl (C=O) groups excluding carboxylic acids is 2. The lowest BCUT2D eigenvalue weighted by atomic mass is 10.1. The number of hydrogen-bond donors (Lipinski definition) is 1. The van der Waals surface area contributed by atoms with Crippen LogP contribution in [0.3, 0.4) is 0 Å². The zero-order chi connectivity index (χ0) is 18.5. The van der Waals surface area contributed by atoms with Gasteiger partial charge in [-0.15, -0.1) is 11.3 Å². The fourth-order valence-corrected chi connectivity index (χ4v) is 3.59. The van der Waals surface area contributed by atoms with Gasteiger partial charge < -0.3 is 15.0 Å². The number of likely N-dealkylation sites (tertiary alicyclic amines) is 1. The van der Waals surface area contributed by atoms with Gasteiger partial charge in [0.2, 0.25) is 11.8 Å². The lowest BCUT2D eigenvalue weighted by Gasteiger charge is -2.13. The SMILES string of the molecule is C=CC(=O)N1CCC(C(=O)Nc2nc(-c3ccc(OCC)cc3)cs2)C1. The van der Waals surface area contributed by atoms with Crippen molar-refractivity contribution in [3.8, 4) is 17.0 Å². The molecule has 1 saturated heterocycles. The summed E-state index contributed by atoms with van der Waals surface area (Å²) < 4.78 is 5.44. The van der Waals surface area contributed by atoms with Crippen LogP contribution in [0.15, 0.2) is 42.3 Å². The van der Waals surface area contributed by atoms with E-state index in [-0.39, 0.29) is 17.7 Å². The highest BCUT2D eigenvalue weighted by Crippen LogP contribution is 2.27. The van der Waals surface area contributed by atoms with Gasteiger partial charge in [0.15, 0.2) is 5.13 Å². The van der Waals surface area contributed by atoms with Crippen LogP contribution in [0.2, 0.25) is 0 Å². The van der Waals surface area contributed by atoms with E-state index in [9.17, 15) is 9.59 Å². The number of nitrogens with one attached hydrogen (secondary N) is 1. The Morgan fingerprint density at radius 1 is 1.42 bits per heavy atom. The first-order valence-corrected chi connectivity index (χ1v) is 9.39. The summed E-state index contributed by atoms with van der Waals surface area (Å²) in [5.41, 5.74) is 1.78. The number of aromatic nitrogens is 1. The lowest BCUT2D eigenvalue weighted by Crippen LogP contribution is -2.30. The number of thiazole rings is 1. The molecule has 6 nitrogen and oxygen atoms in total. The molecule has 0 spiro atoms. The van der Waals surface area contributed by atoms with E-state index in [0.29, 0.717) is 31.2 Å². The summed E-state index contributed by atoms with van der Waals surface area (Å²) in [6.07, 6.45) is 1.94. The minimum absolute atomic E-state index is 0.100. The van der Waals surface area contributed by atoms with Crippen LogP contribution in [0.4, 0.5) is 5.13 Å². The van der Waals surface area contributed by atoms with Crippen LogP contribution in [0, 0.1) is 5.92 Å². The molecule has 1 aliphatic rings. The van der Waals surface area contributed by atoms with E-state index in [2.05, 4.69) is 16.9 Å². The topological polar surface area (TPSA) is 71.5 Å². The predicted octanol–water partition coefficient (Wildman–Crippen LogP) is 3.18. The maximum Gasteiger partial charge on any atom is 0.245 e. The van der Waals surface area contributed by atoms with Gasteiger partial charge in [-0.3, -0.25) is 9.59 Å². The number of anilines is 1. The molecular weight excluding hydrogens is 350 g/mol. The third-order valence-electron chi connectivity index (χ3n) is 4.24. The number of benzene rings is 1. The van der Waals surface area contributed by atoms with Crippen molar-refractivity contribution >= 4 is 28.3 Å². The average molecular weight is 371 g/mol. The second kappa shape index (κ2) is 8.14. The van der Waals surface area contributed by atoms with E-state index in [0.717, 1.165) is 17.0 Å². The van der Waals surface area contributed by atoms with Crippen molar-refractivity contribution < 1.29 is 14.3 Å². The lowest BCUT2D eigenvalue weighted by molar-refractivity contribution is -0.125. The van der Waals surface area contributed by atoms with Gasteiger partial charge in [0, 0.05) is 24.0 Å². The van der Waals surface area contributed by atoms with E-state index in [1.54, 1.807) is 4.90 Å². The van der Waals surface area contributed by atoms with Gasteiger partial charge in [0.25, 0.3) is 0 Å². The summed E-state index contributed by atoms with van der Waals surface area (Å²) >= 11 is 1.39. The van der Waals surface area contributed by atoms with Gasteiger partial charge in [-0.2, -0.15) is 0 Å². The maximum atomic E-state index is 12.4. The molecule has 0 radical (unpaired) electrons. The molecule has 2 heterocycles. The number of amides is 2. The Morgan fingerprint density at radius 3 is 2.88 bits per heavy atom. The van der Waals surface area contributed by atoms with E-state index < -0.39 is 0 Å². The van der Waals surface area contributed by atoms with Gasteiger partial charge in [-0.05, 0) is 43.7 Å². The van der Waals surface area contributed by atoms with Crippen LogP contribution in [0.25, 0.3) is 11.3 Å². The molecule has 26 heavy (non-hydrogen) atoms. The quantitative estimate of drug-likeness (QED) is 0.792. The molecule has 2 amide bonds. The monoisotopic (exact) mass is 371 g/mol. The van der Waals surface area contributed by atoms with Crippen LogP contribution in [0.1, 0.15) is 13.3 Å². The fourth-order valence-electron chi connectivity index (χ4n) is 2.86.